The molecule has 1 aromatic carbocycles. The van der Waals surface area contributed by atoms with Gasteiger partial charge in [0.25, 0.3) is 5.91 Å². The predicted octanol–water partition coefficient (Wildman–Crippen LogP) is 1.28. The van der Waals surface area contributed by atoms with Crippen molar-refractivity contribution in [3.05, 3.63) is 69.6 Å². The minimum absolute atomic E-state index is 0.221. The number of nitrogens with zero attached hydrogens (tertiary/aromatic N) is 1. The highest BCUT2D eigenvalue weighted by Gasteiger charge is 2.12. The van der Waals surface area contributed by atoms with Gasteiger partial charge in [-0.15, -0.1) is 0 Å². The fraction of sp³-hybridized carbons (Fsp3) is 0.133. The number of aromatic amines is 1. The van der Waals surface area contributed by atoms with Crippen molar-refractivity contribution in [3.63, 3.8) is 0 Å². The molecule has 0 fully saturated rings. The summed E-state index contributed by atoms with van der Waals surface area (Å²) in [5.41, 5.74) is 7.33. The van der Waals surface area contributed by atoms with Gasteiger partial charge in [-0.25, -0.2) is 0 Å². The van der Waals surface area contributed by atoms with Crippen LogP contribution < -0.4 is 11.3 Å². The lowest BCUT2D eigenvalue weighted by molar-refractivity contribution is 0.0785. The number of aromatic nitrogens is 1. The second kappa shape index (κ2) is 6.32. The topological polar surface area (TPSA) is 79.2 Å². The number of nitrogens with one attached hydrogen (secondary N) is 1. The Hall–Kier alpha value is -2.47. The molecule has 5 nitrogen and oxygen atoms in total. The van der Waals surface area contributed by atoms with E-state index in [1.807, 2.05) is 24.3 Å². The van der Waals surface area contributed by atoms with Gasteiger partial charge in [-0.1, -0.05) is 30.4 Å². The van der Waals surface area contributed by atoms with Crippen LogP contribution in [0, 0.1) is 0 Å². The van der Waals surface area contributed by atoms with E-state index < -0.39 is 0 Å². The van der Waals surface area contributed by atoms with Crippen molar-refractivity contribution >= 4 is 23.1 Å². The number of pyridine rings is 1. The van der Waals surface area contributed by atoms with Crippen LogP contribution in [0.15, 0.2) is 47.4 Å². The normalized spacial score (nSPS) is 10.1. The molecule has 0 aliphatic heterocycles. The van der Waals surface area contributed by atoms with Crippen LogP contribution in [-0.4, -0.2) is 27.8 Å². The Morgan fingerprint density at radius 3 is 2.71 bits per heavy atom. The molecule has 21 heavy (non-hydrogen) atoms. The summed E-state index contributed by atoms with van der Waals surface area (Å²) in [5, 5.41) is 0. The second-order valence-electron chi connectivity index (χ2n) is 4.67. The number of carbonyl (C=O) groups excluding carboxylic acids is 1. The Labute approximate surface area is 127 Å². The van der Waals surface area contributed by atoms with Gasteiger partial charge in [0.2, 0.25) is 5.56 Å². The molecular formula is C15H15N3O2S. The monoisotopic (exact) mass is 301 g/mol. The number of carbonyl (C=O) groups is 1. The summed E-state index contributed by atoms with van der Waals surface area (Å²) in [6.07, 6.45) is 1.46. The Kier molecular flexibility index (Phi) is 4.49. The van der Waals surface area contributed by atoms with Crippen molar-refractivity contribution in [3.8, 4) is 0 Å². The van der Waals surface area contributed by atoms with Gasteiger partial charge >= 0.3 is 0 Å². The first-order valence-corrected chi connectivity index (χ1v) is 6.71. The molecule has 0 bridgehead atoms. The Morgan fingerprint density at radius 2 is 2.05 bits per heavy atom. The minimum Gasteiger partial charge on any atom is -0.389 e. The van der Waals surface area contributed by atoms with Crippen LogP contribution in [0.5, 0.6) is 0 Å². The largest absolute Gasteiger partial charge is 0.389 e. The van der Waals surface area contributed by atoms with Crippen LogP contribution in [0.3, 0.4) is 0 Å². The number of rotatable bonds is 4. The lowest BCUT2D eigenvalue weighted by Crippen LogP contribution is -2.27. The van der Waals surface area contributed by atoms with E-state index >= 15 is 0 Å². The van der Waals surface area contributed by atoms with E-state index in [-0.39, 0.29) is 11.5 Å². The molecular weight excluding hydrogens is 286 g/mol. The molecule has 0 atom stereocenters. The predicted molar refractivity (Wildman–Crippen MR) is 85.2 cm³/mol. The van der Waals surface area contributed by atoms with E-state index in [4.69, 9.17) is 18.0 Å². The van der Waals surface area contributed by atoms with E-state index in [2.05, 4.69) is 4.98 Å². The van der Waals surface area contributed by atoms with Gasteiger partial charge in [0.15, 0.2) is 0 Å². The lowest BCUT2D eigenvalue weighted by Gasteiger charge is -2.17. The summed E-state index contributed by atoms with van der Waals surface area (Å²) in [6.45, 7) is 0.405. The van der Waals surface area contributed by atoms with Gasteiger partial charge in [-0.3, -0.25) is 9.59 Å². The average molecular weight is 301 g/mol. The highest BCUT2D eigenvalue weighted by Crippen LogP contribution is 2.10. The van der Waals surface area contributed by atoms with Gasteiger partial charge in [0, 0.05) is 37.0 Å². The number of thiocarbonyl (C=S) groups is 1. The fourth-order valence-corrected chi connectivity index (χ4v) is 2.09. The van der Waals surface area contributed by atoms with E-state index in [9.17, 15) is 9.59 Å². The number of nitrogens with two attached hydrogens (primary N) is 1. The van der Waals surface area contributed by atoms with Crippen molar-refractivity contribution < 1.29 is 4.79 Å². The zero-order valence-corrected chi connectivity index (χ0v) is 12.3. The Balaban J connectivity index is 2.16. The molecule has 0 spiro atoms. The molecule has 1 amide bonds. The highest BCUT2D eigenvalue weighted by atomic mass is 32.1. The SMILES string of the molecule is CN(Cc1cccc(C(N)=S)c1)C(=O)c1cc[nH]c(=O)c1. The third-order valence-electron chi connectivity index (χ3n) is 3.00. The van der Waals surface area contributed by atoms with Gasteiger partial charge < -0.3 is 15.6 Å². The number of benzene rings is 1. The molecule has 2 aromatic rings. The maximum atomic E-state index is 12.2. The number of hydrogen-bond acceptors (Lipinski definition) is 3. The molecule has 0 aliphatic carbocycles. The lowest BCUT2D eigenvalue weighted by atomic mass is 10.1. The molecule has 3 N–H and O–H groups in total. The summed E-state index contributed by atoms with van der Waals surface area (Å²) >= 11 is 4.94. The van der Waals surface area contributed by atoms with Crippen molar-refractivity contribution in [2.75, 3.05) is 7.05 Å². The molecule has 1 aromatic heterocycles. The molecule has 0 aliphatic rings. The van der Waals surface area contributed by atoms with Crippen LogP contribution in [-0.2, 0) is 6.54 Å². The molecule has 0 radical (unpaired) electrons. The summed E-state index contributed by atoms with van der Waals surface area (Å²) in [6, 6.07) is 10.3. The van der Waals surface area contributed by atoms with E-state index in [1.54, 1.807) is 13.1 Å². The smallest absolute Gasteiger partial charge is 0.254 e. The van der Waals surface area contributed by atoms with Gasteiger partial charge in [0.05, 0.1) is 0 Å². The Bertz CT molecular complexity index is 739. The van der Waals surface area contributed by atoms with Gasteiger partial charge in [-0.05, 0) is 17.7 Å². The standard InChI is InChI=1S/C15H15N3O2S/c1-18(15(20)12-5-6-17-13(19)8-12)9-10-3-2-4-11(7-10)14(16)21/h2-8H,9H2,1H3,(H2,16,21)(H,17,19). The molecule has 2 rings (SSSR count). The molecule has 1 heterocycles. The first kappa shape index (κ1) is 14.9. The quantitative estimate of drug-likeness (QED) is 0.834. The molecule has 6 heteroatoms. The van der Waals surface area contributed by atoms with Gasteiger partial charge in [-0.2, -0.15) is 0 Å². The molecule has 0 saturated carbocycles. The van der Waals surface area contributed by atoms with Crippen molar-refractivity contribution in [1.82, 2.24) is 9.88 Å². The summed E-state index contributed by atoms with van der Waals surface area (Å²) in [5.74, 6) is -0.221. The van der Waals surface area contributed by atoms with Crippen molar-refractivity contribution in [1.29, 1.82) is 0 Å². The summed E-state index contributed by atoms with van der Waals surface area (Å²) in [4.78, 5) is 27.8. The maximum Gasteiger partial charge on any atom is 0.254 e. The third kappa shape index (κ3) is 3.76. The van der Waals surface area contributed by atoms with Crippen LogP contribution >= 0.6 is 12.2 Å². The fourth-order valence-electron chi connectivity index (χ4n) is 1.97. The second-order valence-corrected chi connectivity index (χ2v) is 5.11. The van der Waals surface area contributed by atoms with Crippen molar-refractivity contribution in [2.45, 2.75) is 6.54 Å². The number of amides is 1. The van der Waals surface area contributed by atoms with Crippen LogP contribution in [0.1, 0.15) is 21.5 Å². The van der Waals surface area contributed by atoms with E-state index in [1.165, 1.54) is 17.2 Å². The average Bonchev–Trinajstić information content (AvgIpc) is 2.46. The molecule has 108 valence electrons. The van der Waals surface area contributed by atoms with Crippen LogP contribution in [0.25, 0.3) is 0 Å². The number of H-pyrrole nitrogens is 1. The zero-order valence-electron chi connectivity index (χ0n) is 11.5. The van der Waals surface area contributed by atoms with Crippen LogP contribution in [0.4, 0.5) is 0 Å². The number of hydrogen-bond donors (Lipinski definition) is 2. The zero-order chi connectivity index (χ0) is 15.4. The highest BCUT2D eigenvalue weighted by molar-refractivity contribution is 7.80. The molecule has 0 saturated heterocycles. The maximum absolute atomic E-state index is 12.2. The summed E-state index contributed by atoms with van der Waals surface area (Å²) in [7, 11) is 1.68. The van der Waals surface area contributed by atoms with Crippen molar-refractivity contribution in [2.24, 2.45) is 5.73 Å². The third-order valence-corrected chi connectivity index (χ3v) is 3.24. The molecule has 0 unspecified atom stereocenters. The van der Waals surface area contributed by atoms with E-state index in [0.717, 1.165) is 11.1 Å². The minimum atomic E-state index is -0.301. The first-order chi connectivity index (χ1) is 9.97. The van der Waals surface area contributed by atoms with E-state index in [0.29, 0.717) is 17.1 Å². The van der Waals surface area contributed by atoms with Crippen LogP contribution in [0.2, 0.25) is 0 Å². The summed E-state index contributed by atoms with van der Waals surface area (Å²) < 4.78 is 0. The van der Waals surface area contributed by atoms with Gasteiger partial charge in [0.1, 0.15) is 4.99 Å². The first-order valence-electron chi connectivity index (χ1n) is 6.30. The Morgan fingerprint density at radius 1 is 1.29 bits per heavy atom.